The van der Waals surface area contributed by atoms with Gasteiger partial charge in [0.15, 0.2) is 0 Å². The van der Waals surface area contributed by atoms with Crippen LogP contribution in [0.4, 0.5) is 0 Å². The van der Waals surface area contributed by atoms with Crippen molar-refractivity contribution in [3.63, 3.8) is 0 Å². The Bertz CT molecular complexity index is 323. The molecule has 1 aromatic heterocycles. The van der Waals surface area contributed by atoms with Crippen LogP contribution in [0.15, 0.2) is 9.21 Å². The minimum atomic E-state index is -1.12. The molecule has 0 atom stereocenters. The first-order chi connectivity index (χ1) is 5.09. The van der Waals surface area contributed by atoms with Gasteiger partial charge in [0.25, 0.3) is 0 Å². The second-order valence-electron chi connectivity index (χ2n) is 1.94. The Labute approximate surface area is 61.1 Å². The Hall–Kier alpha value is -1.59. The van der Waals surface area contributed by atoms with Gasteiger partial charge in [-0.15, -0.1) is 5.10 Å². The molecule has 0 aliphatic carbocycles. The number of hydrogen-bond acceptors (Lipinski definition) is 4. The van der Waals surface area contributed by atoms with Gasteiger partial charge in [-0.2, -0.15) is 4.68 Å². The molecule has 1 heterocycles. The van der Waals surface area contributed by atoms with Gasteiger partial charge in [-0.3, -0.25) is 4.79 Å². The van der Waals surface area contributed by atoms with E-state index in [-0.39, 0.29) is 5.89 Å². The van der Waals surface area contributed by atoms with Crippen molar-refractivity contribution in [1.29, 1.82) is 0 Å². The summed E-state index contributed by atoms with van der Waals surface area (Å²) in [6, 6.07) is 0. The molecule has 0 aliphatic rings. The molecule has 0 aliphatic heterocycles. The summed E-state index contributed by atoms with van der Waals surface area (Å²) in [6.07, 6.45) is 0. The summed E-state index contributed by atoms with van der Waals surface area (Å²) in [5.41, 5.74) is 0. The van der Waals surface area contributed by atoms with Crippen molar-refractivity contribution in [2.24, 2.45) is 0 Å². The van der Waals surface area contributed by atoms with E-state index < -0.39 is 18.3 Å². The second-order valence-corrected chi connectivity index (χ2v) is 1.94. The third-order valence-corrected chi connectivity index (χ3v) is 0.992. The van der Waals surface area contributed by atoms with Crippen molar-refractivity contribution >= 4 is 5.97 Å². The third kappa shape index (κ3) is 1.66. The first-order valence-electron chi connectivity index (χ1n) is 2.86. The molecule has 1 rings (SSSR count). The highest BCUT2D eigenvalue weighted by Gasteiger charge is 2.06. The van der Waals surface area contributed by atoms with Crippen LogP contribution in [-0.2, 0) is 11.3 Å². The predicted molar refractivity (Wildman–Crippen MR) is 33.1 cm³/mol. The molecule has 0 aromatic carbocycles. The second kappa shape index (κ2) is 2.57. The summed E-state index contributed by atoms with van der Waals surface area (Å²) in [5, 5.41) is 11.8. The number of carbonyl (C=O) groups is 1. The van der Waals surface area contributed by atoms with E-state index in [9.17, 15) is 9.59 Å². The van der Waals surface area contributed by atoms with Gasteiger partial charge in [0, 0.05) is 6.92 Å². The minimum absolute atomic E-state index is 0.163. The highest BCUT2D eigenvalue weighted by atomic mass is 16.4. The van der Waals surface area contributed by atoms with Gasteiger partial charge in [0.05, 0.1) is 0 Å². The maximum absolute atomic E-state index is 10.6. The van der Waals surface area contributed by atoms with E-state index in [1.54, 1.807) is 0 Å². The van der Waals surface area contributed by atoms with Crippen molar-refractivity contribution in [2.45, 2.75) is 13.5 Å². The lowest BCUT2D eigenvalue weighted by atomic mass is 10.7. The van der Waals surface area contributed by atoms with Crippen LogP contribution in [0.25, 0.3) is 0 Å². The zero-order chi connectivity index (χ0) is 8.43. The first kappa shape index (κ1) is 7.52. The molecular weight excluding hydrogens is 152 g/mol. The van der Waals surface area contributed by atoms with Crippen LogP contribution in [0.5, 0.6) is 0 Å². The lowest BCUT2D eigenvalue weighted by Gasteiger charge is -1.88. The number of hydrogen-bond donors (Lipinski definition) is 1. The molecule has 0 amide bonds. The van der Waals surface area contributed by atoms with Crippen LogP contribution in [0, 0.1) is 6.92 Å². The van der Waals surface area contributed by atoms with Crippen LogP contribution < -0.4 is 5.76 Å². The van der Waals surface area contributed by atoms with Gasteiger partial charge in [-0.1, -0.05) is 0 Å². The Balaban J connectivity index is 2.95. The average Bonchev–Trinajstić information content (AvgIpc) is 2.09. The smallest absolute Gasteiger partial charge is 0.437 e. The van der Waals surface area contributed by atoms with Gasteiger partial charge in [0.1, 0.15) is 6.54 Å². The van der Waals surface area contributed by atoms with Gasteiger partial charge >= 0.3 is 11.7 Å². The number of aryl methyl sites for hydroxylation is 1. The monoisotopic (exact) mass is 158 g/mol. The maximum Gasteiger partial charge on any atom is 0.437 e. The predicted octanol–water partition coefficient (Wildman–Crippen LogP) is -0.771. The molecule has 0 saturated heterocycles. The Morgan fingerprint density at radius 1 is 1.82 bits per heavy atom. The first-order valence-corrected chi connectivity index (χ1v) is 2.86. The molecule has 6 nitrogen and oxygen atoms in total. The molecule has 0 bridgehead atoms. The summed E-state index contributed by atoms with van der Waals surface area (Å²) < 4.78 is 5.20. The quantitative estimate of drug-likeness (QED) is 0.610. The standard InChI is InChI=1S/C5H6N2O4/c1-3-6-7(2-4(8)9)5(10)11-3/h2H2,1H3,(H,8,9). The SMILES string of the molecule is Cc1nn(CC(=O)O)c(=O)o1. The fourth-order valence-corrected chi connectivity index (χ4v) is 0.638. The number of rotatable bonds is 2. The number of aromatic nitrogens is 2. The summed E-state index contributed by atoms with van der Waals surface area (Å²) in [5.74, 6) is -1.71. The molecular formula is C5H6N2O4. The molecule has 0 unspecified atom stereocenters. The molecule has 0 fully saturated rings. The minimum Gasteiger partial charge on any atom is -0.480 e. The van der Waals surface area contributed by atoms with E-state index in [0.29, 0.717) is 0 Å². The lowest BCUT2D eigenvalue weighted by Crippen LogP contribution is -2.20. The van der Waals surface area contributed by atoms with Gasteiger partial charge in [-0.25, -0.2) is 4.79 Å². The molecule has 0 spiro atoms. The van der Waals surface area contributed by atoms with E-state index in [0.717, 1.165) is 4.68 Å². The van der Waals surface area contributed by atoms with Crippen LogP contribution in [0.1, 0.15) is 5.89 Å². The van der Waals surface area contributed by atoms with Crippen LogP contribution >= 0.6 is 0 Å². The van der Waals surface area contributed by atoms with Crippen LogP contribution in [0.3, 0.4) is 0 Å². The fourth-order valence-electron chi connectivity index (χ4n) is 0.638. The van der Waals surface area contributed by atoms with Gasteiger partial charge in [-0.05, 0) is 0 Å². The van der Waals surface area contributed by atoms with Crippen molar-refractivity contribution in [3.05, 3.63) is 16.4 Å². The van der Waals surface area contributed by atoms with E-state index in [2.05, 4.69) is 9.52 Å². The Kier molecular flexibility index (Phi) is 1.75. The topological polar surface area (TPSA) is 85.3 Å². The maximum atomic E-state index is 10.6. The number of carboxylic acid groups (broad SMARTS) is 1. The van der Waals surface area contributed by atoms with Gasteiger partial charge < -0.3 is 9.52 Å². The van der Waals surface area contributed by atoms with Crippen LogP contribution in [0.2, 0.25) is 0 Å². The van der Waals surface area contributed by atoms with E-state index in [1.165, 1.54) is 6.92 Å². The highest BCUT2D eigenvalue weighted by Crippen LogP contribution is 1.84. The average molecular weight is 158 g/mol. The number of aliphatic carboxylic acids is 1. The zero-order valence-corrected chi connectivity index (χ0v) is 5.77. The van der Waals surface area contributed by atoms with E-state index in [1.807, 2.05) is 0 Å². The molecule has 60 valence electrons. The number of nitrogens with zero attached hydrogens (tertiary/aromatic N) is 2. The van der Waals surface area contributed by atoms with E-state index >= 15 is 0 Å². The summed E-state index contributed by atoms with van der Waals surface area (Å²) in [7, 11) is 0. The van der Waals surface area contributed by atoms with Crippen molar-refractivity contribution in [2.75, 3.05) is 0 Å². The molecule has 6 heteroatoms. The summed E-state index contributed by atoms with van der Waals surface area (Å²) >= 11 is 0. The van der Waals surface area contributed by atoms with Gasteiger partial charge in [0.2, 0.25) is 5.89 Å². The fraction of sp³-hybridized carbons (Fsp3) is 0.400. The van der Waals surface area contributed by atoms with E-state index in [4.69, 9.17) is 5.11 Å². The number of carboxylic acids is 1. The zero-order valence-electron chi connectivity index (χ0n) is 5.77. The molecule has 1 aromatic rings. The lowest BCUT2D eigenvalue weighted by molar-refractivity contribution is -0.138. The Morgan fingerprint density at radius 2 is 2.45 bits per heavy atom. The van der Waals surface area contributed by atoms with Crippen LogP contribution in [-0.4, -0.2) is 20.9 Å². The third-order valence-electron chi connectivity index (χ3n) is 0.992. The van der Waals surface area contributed by atoms with Crippen molar-refractivity contribution in [3.8, 4) is 0 Å². The molecule has 0 saturated carbocycles. The summed E-state index contributed by atoms with van der Waals surface area (Å²) in [4.78, 5) is 20.7. The molecule has 1 N–H and O–H groups in total. The Morgan fingerprint density at radius 3 is 2.82 bits per heavy atom. The highest BCUT2D eigenvalue weighted by molar-refractivity contribution is 5.66. The normalized spacial score (nSPS) is 9.91. The summed E-state index contributed by atoms with van der Waals surface area (Å²) in [6.45, 7) is 1.01. The largest absolute Gasteiger partial charge is 0.480 e. The molecule has 0 radical (unpaired) electrons. The molecule has 11 heavy (non-hydrogen) atoms. The van der Waals surface area contributed by atoms with Crippen molar-refractivity contribution in [1.82, 2.24) is 9.78 Å². The van der Waals surface area contributed by atoms with Crippen molar-refractivity contribution < 1.29 is 14.3 Å².